The number of carbonyl (C=O) groups is 2. The highest BCUT2D eigenvalue weighted by Gasteiger charge is 2.30. The predicted octanol–water partition coefficient (Wildman–Crippen LogP) is 5.37. The van der Waals surface area contributed by atoms with Gasteiger partial charge >= 0.3 is 5.97 Å². The maximum absolute atomic E-state index is 13.5. The van der Waals surface area contributed by atoms with Crippen molar-refractivity contribution in [1.82, 2.24) is 34.9 Å². The zero-order chi connectivity index (χ0) is 35.9. The molecule has 282 valence electrons. The fraction of sp³-hybridized carbons (Fsp3) is 0.462. The molecule has 0 spiro atoms. The van der Waals surface area contributed by atoms with E-state index in [0.717, 1.165) is 37.8 Å². The van der Waals surface area contributed by atoms with Crippen molar-refractivity contribution >= 4 is 35.8 Å². The van der Waals surface area contributed by atoms with Crippen molar-refractivity contribution in [2.24, 2.45) is 11.8 Å². The van der Waals surface area contributed by atoms with Gasteiger partial charge in [-0.2, -0.15) is 5.10 Å². The van der Waals surface area contributed by atoms with E-state index in [1.807, 2.05) is 10.9 Å². The summed E-state index contributed by atoms with van der Waals surface area (Å²) in [7, 11) is 0. The summed E-state index contributed by atoms with van der Waals surface area (Å²) in [4.78, 5) is 40.9. The van der Waals surface area contributed by atoms with Gasteiger partial charge in [0.25, 0.3) is 5.91 Å². The molecule has 0 saturated carbocycles. The van der Waals surface area contributed by atoms with E-state index in [2.05, 4.69) is 35.5 Å². The molecule has 1 atom stereocenters. The Morgan fingerprint density at radius 1 is 0.887 bits per heavy atom. The van der Waals surface area contributed by atoms with E-state index in [-0.39, 0.29) is 30.0 Å². The molecule has 12 nitrogen and oxygen atoms in total. The minimum atomic E-state index is -1.32. The summed E-state index contributed by atoms with van der Waals surface area (Å²) in [5.74, 6) is -0.440. The number of likely N-dealkylation sites (tertiary alicyclic amines) is 2. The minimum absolute atomic E-state index is 0. The van der Waals surface area contributed by atoms with E-state index in [0.29, 0.717) is 22.5 Å². The summed E-state index contributed by atoms with van der Waals surface area (Å²) in [5.41, 5.74) is 7.82. The third kappa shape index (κ3) is 9.96. The number of carbonyl (C=O) groups excluding carboxylic acids is 2. The molecule has 3 aliphatic rings. The summed E-state index contributed by atoms with van der Waals surface area (Å²) in [6.07, 6.45) is 11.1. The van der Waals surface area contributed by atoms with Crippen molar-refractivity contribution in [3.8, 4) is 11.3 Å². The standard InChI is InChI=1S/C39H48FN9O3.ClH/c40-31-6-8-32(9-7-31)45-38(50)36(29-4-2-1-3-5-29)52-39(51)35-37(41)43-23-34(46-35)30-22-44-49(26-30)33-14-20-48(21-15-33)25-28-12-18-47(19-13-28)24-27-10-16-42-17-11-27;/h1-9,22-23,26-28,33,36,42H,10-21,24-25H2,(H2,41,43)(H,45,50);1H/t36-;/m1./s1. The number of nitrogen functional groups attached to an aromatic ring is 1. The molecule has 5 heterocycles. The highest BCUT2D eigenvalue weighted by molar-refractivity contribution is 5.99. The second-order valence-electron chi connectivity index (χ2n) is 14.4. The van der Waals surface area contributed by atoms with Crippen LogP contribution in [-0.4, -0.2) is 93.8 Å². The topological polar surface area (TPSA) is 144 Å². The molecule has 3 aliphatic heterocycles. The average molecular weight is 746 g/mol. The molecule has 1 amide bonds. The van der Waals surface area contributed by atoms with Gasteiger partial charge in [-0.1, -0.05) is 30.3 Å². The van der Waals surface area contributed by atoms with Crippen molar-refractivity contribution in [1.29, 1.82) is 0 Å². The number of rotatable bonds is 11. The van der Waals surface area contributed by atoms with E-state index in [1.54, 1.807) is 36.5 Å². The zero-order valence-electron chi connectivity index (χ0n) is 29.9. The van der Waals surface area contributed by atoms with Crippen molar-refractivity contribution in [3.05, 3.63) is 90.3 Å². The molecule has 14 heteroatoms. The molecule has 53 heavy (non-hydrogen) atoms. The lowest BCUT2D eigenvalue weighted by Gasteiger charge is -2.39. The maximum atomic E-state index is 13.5. The van der Waals surface area contributed by atoms with E-state index in [4.69, 9.17) is 10.5 Å². The Morgan fingerprint density at radius 2 is 1.53 bits per heavy atom. The molecule has 0 aliphatic carbocycles. The van der Waals surface area contributed by atoms with Gasteiger partial charge < -0.3 is 30.9 Å². The van der Waals surface area contributed by atoms with Crippen molar-refractivity contribution in [2.45, 2.75) is 50.7 Å². The van der Waals surface area contributed by atoms with Crippen LogP contribution in [0.5, 0.6) is 0 Å². The van der Waals surface area contributed by atoms with Crippen LogP contribution >= 0.6 is 12.4 Å². The van der Waals surface area contributed by atoms with Crippen LogP contribution in [0.4, 0.5) is 15.9 Å². The van der Waals surface area contributed by atoms with E-state index in [1.165, 1.54) is 95.4 Å². The fourth-order valence-electron chi connectivity index (χ4n) is 7.67. The number of piperidine rings is 3. The number of nitrogens with zero attached hydrogens (tertiary/aromatic N) is 6. The number of nitrogens with one attached hydrogen (secondary N) is 2. The smallest absolute Gasteiger partial charge is 0.361 e. The third-order valence-corrected chi connectivity index (χ3v) is 10.7. The molecule has 0 radical (unpaired) electrons. The SMILES string of the molecule is Cl.Nc1ncc(-c2cnn(C3CCN(CC4CCN(CC5CCNCC5)CC4)CC3)c2)nc1C(=O)O[C@@H](C(=O)Nc1ccc(F)cc1)c1ccccc1. The van der Waals surface area contributed by atoms with E-state index in [9.17, 15) is 14.0 Å². The Balaban J connectivity index is 0.00000481. The Bertz CT molecular complexity index is 1790. The summed E-state index contributed by atoms with van der Waals surface area (Å²) >= 11 is 0. The first-order valence-corrected chi connectivity index (χ1v) is 18.5. The van der Waals surface area contributed by atoms with Crippen LogP contribution in [0.15, 0.2) is 73.2 Å². The summed E-state index contributed by atoms with van der Waals surface area (Å²) in [6.45, 7) is 9.34. The Labute approximate surface area is 316 Å². The number of ether oxygens (including phenoxy) is 1. The van der Waals surface area contributed by atoms with Gasteiger partial charge in [0.2, 0.25) is 6.10 Å². The van der Waals surface area contributed by atoms with Crippen LogP contribution in [0, 0.1) is 17.7 Å². The van der Waals surface area contributed by atoms with Gasteiger partial charge in [-0.15, -0.1) is 12.4 Å². The monoisotopic (exact) mass is 745 g/mol. The number of esters is 1. The number of halogens is 2. The van der Waals surface area contributed by atoms with Crippen LogP contribution in [0.25, 0.3) is 11.3 Å². The molecule has 4 N–H and O–H groups in total. The van der Waals surface area contributed by atoms with Crippen LogP contribution in [0.3, 0.4) is 0 Å². The molecule has 2 aromatic heterocycles. The Kier molecular flexibility index (Phi) is 13.1. The third-order valence-electron chi connectivity index (χ3n) is 10.7. The molecular weight excluding hydrogens is 697 g/mol. The highest BCUT2D eigenvalue weighted by atomic mass is 35.5. The Hall–Kier alpha value is -4.43. The van der Waals surface area contributed by atoms with Gasteiger partial charge in [-0.25, -0.2) is 19.2 Å². The summed E-state index contributed by atoms with van der Waals surface area (Å²) in [5, 5.41) is 10.8. The number of anilines is 2. The van der Waals surface area contributed by atoms with Crippen molar-refractivity contribution < 1.29 is 18.7 Å². The van der Waals surface area contributed by atoms with Crippen LogP contribution < -0.4 is 16.4 Å². The van der Waals surface area contributed by atoms with E-state index < -0.39 is 23.8 Å². The van der Waals surface area contributed by atoms with Gasteiger partial charge in [0.15, 0.2) is 11.5 Å². The summed E-state index contributed by atoms with van der Waals surface area (Å²) in [6, 6.07) is 14.2. The van der Waals surface area contributed by atoms with Crippen molar-refractivity contribution in [2.75, 3.05) is 63.4 Å². The minimum Gasteiger partial charge on any atom is -0.442 e. The lowest BCUT2D eigenvalue weighted by atomic mass is 9.92. The predicted molar refractivity (Wildman–Crippen MR) is 204 cm³/mol. The number of aromatic nitrogens is 4. The molecule has 0 unspecified atom stereocenters. The van der Waals surface area contributed by atoms with Crippen molar-refractivity contribution in [3.63, 3.8) is 0 Å². The first kappa shape index (κ1) is 38.3. The molecular formula is C39H49ClFN9O3. The summed E-state index contributed by atoms with van der Waals surface area (Å²) < 4.78 is 21.1. The number of benzene rings is 2. The van der Waals surface area contributed by atoms with Gasteiger partial charge in [-0.05, 0) is 101 Å². The number of hydrogen-bond donors (Lipinski definition) is 3. The second-order valence-corrected chi connectivity index (χ2v) is 14.4. The lowest BCUT2D eigenvalue weighted by Crippen LogP contribution is -2.43. The first-order chi connectivity index (χ1) is 25.4. The molecule has 0 bridgehead atoms. The van der Waals surface area contributed by atoms with Crippen LogP contribution in [0.1, 0.15) is 66.7 Å². The molecule has 4 aromatic rings. The highest BCUT2D eigenvalue weighted by Crippen LogP contribution is 2.29. The van der Waals surface area contributed by atoms with E-state index >= 15 is 0 Å². The lowest BCUT2D eigenvalue weighted by molar-refractivity contribution is -0.125. The normalized spacial score (nSPS) is 18.6. The van der Waals surface area contributed by atoms with Gasteiger partial charge in [0.1, 0.15) is 5.82 Å². The van der Waals surface area contributed by atoms with Crippen LogP contribution in [0.2, 0.25) is 0 Å². The second kappa shape index (κ2) is 18.1. The number of nitrogens with two attached hydrogens (primary N) is 1. The molecule has 7 rings (SSSR count). The van der Waals surface area contributed by atoms with Gasteiger partial charge in [0, 0.05) is 49.2 Å². The Morgan fingerprint density at radius 3 is 2.21 bits per heavy atom. The van der Waals surface area contributed by atoms with Crippen LogP contribution in [-0.2, 0) is 9.53 Å². The molecule has 3 saturated heterocycles. The maximum Gasteiger partial charge on any atom is 0.361 e. The quantitative estimate of drug-likeness (QED) is 0.172. The fourth-order valence-corrected chi connectivity index (χ4v) is 7.67. The van der Waals surface area contributed by atoms with Gasteiger partial charge in [-0.3, -0.25) is 9.48 Å². The van der Waals surface area contributed by atoms with Gasteiger partial charge in [0.05, 0.1) is 24.1 Å². The first-order valence-electron chi connectivity index (χ1n) is 18.5. The number of amides is 1. The zero-order valence-corrected chi connectivity index (χ0v) is 30.7. The largest absolute Gasteiger partial charge is 0.442 e. The molecule has 2 aromatic carbocycles. The number of hydrogen-bond acceptors (Lipinski definition) is 10. The molecule has 3 fully saturated rings. The average Bonchev–Trinajstić information content (AvgIpc) is 3.67.